The van der Waals surface area contributed by atoms with Gasteiger partial charge in [-0.2, -0.15) is 0 Å². The highest BCUT2D eigenvalue weighted by Gasteiger charge is 2.35. The van der Waals surface area contributed by atoms with Gasteiger partial charge in [-0.3, -0.25) is 9.59 Å². The maximum atomic E-state index is 14.0. The maximum Gasteiger partial charge on any atom is 0.408 e. The van der Waals surface area contributed by atoms with Gasteiger partial charge in [-0.15, -0.1) is 0 Å². The van der Waals surface area contributed by atoms with Gasteiger partial charge in [-0.05, 0) is 83.4 Å². The number of benzene rings is 2. The summed E-state index contributed by atoms with van der Waals surface area (Å²) in [6.07, 6.45) is 4.27. The second kappa shape index (κ2) is 15.3. The van der Waals surface area contributed by atoms with E-state index in [0.29, 0.717) is 18.0 Å². The molecule has 2 atom stereocenters. The Morgan fingerprint density at radius 1 is 0.950 bits per heavy atom. The molecule has 0 heterocycles. The Bertz CT molecular complexity index is 1120. The number of hydrogen-bond donors (Lipinski definition) is 2. The van der Waals surface area contributed by atoms with E-state index in [9.17, 15) is 14.4 Å². The van der Waals surface area contributed by atoms with Crippen LogP contribution in [0.15, 0.2) is 42.5 Å². The van der Waals surface area contributed by atoms with Gasteiger partial charge in [0.05, 0.1) is 7.11 Å². The van der Waals surface area contributed by atoms with E-state index >= 15 is 0 Å². The summed E-state index contributed by atoms with van der Waals surface area (Å²) >= 11 is 0. The van der Waals surface area contributed by atoms with Gasteiger partial charge in [0.2, 0.25) is 5.91 Å². The summed E-state index contributed by atoms with van der Waals surface area (Å²) in [6, 6.07) is 11.2. The number of alkyl carbamates (subject to hydrolysis) is 1. The van der Waals surface area contributed by atoms with Crippen molar-refractivity contribution in [1.82, 2.24) is 10.2 Å². The number of nitrogens with zero attached hydrogens (tertiary/aromatic N) is 1. The van der Waals surface area contributed by atoms with Crippen molar-refractivity contribution in [2.24, 2.45) is 0 Å². The molecule has 0 saturated heterocycles. The van der Waals surface area contributed by atoms with Crippen LogP contribution in [-0.2, 0) is 14.3 Å². The Morgan fingerprint density at radius 2 is 1.60 bits per heavy atom. The quantitative estimate of drug-likeness (QED) is 0.269. The standard InChI is InChI=1S/C32H47N3O5/c1-9-10-11-12-13-20-35(30(37)24(4)33-31(38)40-32(5,6)7)28(27-21-22(2)14-15-23(27)3)29(36)34-25-16-18-26(39-8)19-17-25/h14-19,21,24,28H,9-13,20H2,1-8H3,(H,33,38)(H,34,36). The van der Waals surface area contributed by atoms with Crippen molar-refractivity contribution < 1.29 is 23.9 Å². The van der Waals surface area contributed by atoms with E-state index in [2.05, 4.69) is 17.6 Å². The van der Waals surface area contributed by atoms with Crippen LogP contribution >= 0.6 is 0 Å². The highest BCUT2D eigenvalue weighted by molar-refractivity contribution is 5.99. The van der Waals surface area contributed by atoms with Gasteiger partial charge in [0.15, 0.2) is 0 Å². The first-order chi connectivity index (χ1) is 18.9. The van der Waals surface area contributed by atoms with Crippen LogP contribution in [0.25, 0.3) is 0 Å². The molecule has 2 unspecified atom stereocenters. The molecule has 0 aromatic heterocycles. The van der Waals surface area contributed by atoms with Gasteiger partial charge in [0.25, 0.3) is 5.91 Å². The molecule has 8 heteroatoms. The third-order valence-corrected chi connectivity index (χ3v) is 6.54. The average Bonchev–Trinajstić information content (AvgIpc) is 2.88. The first kappa shape index (κ1) is 32.7. The molecule has 3 amide bonds. The monoisotopic (exact) mass is 553 g/mol. The van der Waals surface area contributed by atoms with Crippen molar-refractivity contribution in [1.29, 1.82) is 0 Å². The minimum atomic E-state index is -0.899. The fourth-order valence-corrected chi connectivity index (χ4v) is 4.44. The fraction of sp³-hybridized carbons (Fsp3) is 0.531. The molecule has 2 aromatic rings. The molecule has 8 nitrogen and oxygen atoms in total. The molecule has 0 aliphatic heterocycles. The molecular formula is C32H47N3O5. The second-order valence-corrected chi connectivity index (χ2v) is 11.3. The predicted octanol–water partition coefficient (Wildman–Crippen LogP) is 6.70. The van der Waals surface area contributed by atoms with Crippen molar-refractivity contribution in [3.8, 4) is 5.75 Å². The molecule has 0 fully saturated rings. The first-order valence-electron chi connectivity index (χ1n) is 14.2. The van der Waals surface area contributed by atoms with Crippen molar-refractivity contribution in [2.45, 2.75) is 98.3 Å². The third-order valence-electron chi connectivity index (χ3n) is 6.54. The lowest BCUT2D eigenvalue weighted by Gasteiger charge is -2.34. The van der Waals surface area contributed by atoms with Crippen molar-refractivity contribution in [3.63, 3.8) is 0 Å². The van der Waals surface area contributed by atoms with Crippen LogP contribution < -0.4 is 15.4 Å². The average molecular weight is 554 g/mol. The summed E-state index contributed by atoms with van der Waals surface area (Å²) in [7, 11) is 1.58. The topological polar surface area (TPSA) is 97.0 Å². The number of ether oxygens (including phenoxy) is 2. The molecular weight excluding hydrogens is 506 g/mol. The second-order valence-electron chi connectivity index (χ2n) is 11.3. The lowest BCUT2D eigenvalue weighted by atomic mass is 9.95. The van der Waals surface area contributed by atoms with Crippen LogP contribution in [0, 0.1) is 13.8 Å². The zero-order valence-electron chi connectivity index (χ0n) is 25.4. The summed E-state index contributed by atoms with van der Waals surface area (Å²) in [6.45, 7) is 13.3. The van der Waals surface area contributed by atoms with E-state index in [0.717, 1.165) is 48.8 Å². The summed E-state index contributed by atoms with van der Waals surface area (Å²) in [5.74, 6) is -0.00242. The maximum absolute atomic E-state index is 14.0. The molecule has 0 aliphatic carbocycles. The van der Waals surface area contributed by atoms with E-state index in [-0.39, 0.29) is 11.8 Å². The van der Waals surface area contributed by atoms with Crippen molar-refractivity contribution in [3.05, 3.63) is 59.2 Å². The lowest BCUT2D eigenvalue weighted by molar-refractivity contribution is -0.140. The van der Waals surface area contributed by atoms with Crippen LogP contribution in [0.4, 0.5) is 10.5 Å². The normalized spacial score (nSPS) is 12.7. The molecule has 2 rings (SSSR count). The number of anilines is 1. The highest BCUT2D eigenvalue weighted by atomic mass is 16.6. The van der Waals surface area contributed by atoms with Crippen molar-refractivity contribution >= 4 is 23.6 Å². The van der Waals surface area contributed by atoms with Gasteiger partial charge in [0, 0.05) is 12.2 Å². The smallest absolute Gasteiger partial charge is 0.408 e. The van der Waals surface area contributed by atoms with Gasteiger partial charge in [-0.25, -0.2) is 4.79 Å². The Labute approximate surface area is 239 Å². The van der Waals surface area contributed by atoms with Crippen LogP contribution in [0.3, 0.4) is 0 Å². The molecule has 2 N–H and O–H groups in total. The number of aryl methyl sites for hydroxylation is 2. The van der Waals surface area contributed by atoms with Gasteiger partial charge in [0.1, 0.15) is 23.4 Å². The zero-order chi connectivity index (χ0) is 29.9. The largest absolute Gasteiger partial charge is 0.497 e. The Balaban J connectivity index is 2.46. The molecule has 40 heavy (non-hydrogen) atoms. The molecule has 0 radical (unpaired) electrons. The van der Waals surface area contributed by atoms with Crippen LogP contribution in [0.5, 0.6) is 5.75 Å². The van der Waals surface area contributed by atoms with E-state index < -0.39 is 23.8 Å². The number of carbonyl (C=O) groups is 3. The van der Waals surface area contributed by atoms with Crippen LogP contribution in [-0.4, -0.2) is 48.1 Å². The number of hydrogen-bond acceptors (Lipinski definition) is 5. The number of rotatable bonds is 13. The summed E-state index contributed by atoms with van der Waals surface area (Å²) in [5.41, 5.74) is 2.52. The fourth-order valence-electron chi connectivity index (χ4n) is 4.44. The van der Waals surface area contributed by atoms with Gasteiger partial charge >= 0.3 is 6.09 Å². The number of methoxy groups -OCH3 is 1. The minimum Gasteiger partial charge on any atom is -0.497 e. The van der Waals surface area contributed by atoms with Crippen LogP contribution in [0.2, 0.25) is 0 Å². The van der Waals surface area contributed by atoms with Crippen molar-refractivity contribution in [2.75, 3.05) is 19.0 Å². The lowest BCUT2D eigenvalue weighted by Crippen LogP contribution is -2.51. The highest BCUT2D eigenvalue weighted by Crippen LogP contribution is 2.29. The minimum absolute atomic E-state index is 0.328. The number of carbonyl (C=O) groups excluding carboxylic acids is 3. The SMILES string of the molecule is CCCCCCCN(C(=O)C(C)NC(=O)OC(C)(C)C)C(C(=O)Nc1ccc(OC)cc1)c1cc(C)ccc1C. The zero-order valence-corrected chi connectivity index (χ0v) is 25.4. The molecule has 0 aliphatic rings. The van der Waals surface area contributed by atoms with E-state index in [1.54, 1.807) is 64.0 Å². The Hall–Kier alpha value is -3.55. The number of nitrogens with one attached hydrogen (secondary N) is 2. The number of amides is 3. The molecule has 220 valence electrons. The first-order valence-corrected chi connectivity index (χ1v) is 14.2. The van der Waals surface area contributed by atoms with Crippen LogP contribution in [0.1, 0.15) is 89.5 Å². The molecule has 0 spiro atoms. The van der Waals surface area contributed by atoms with Gasteiger partial charge in [-0.1, -0.05) is 56.4 Å². The van der Waals surface area contributed by atoms with E-state index in [1.165, 1.54) is 0 Å². The molecule has 2 aromatic carbocycles. The summed E-state index contributed by atoms with van der Waals surface area (Å²) in [5, 5.41) is 5.66. The number of unbranched alkanes of at least 4 members (excludes halogenated alkanes) is 4. The predicted molar refractivity (Wildman–Crippen MR) is 160 cm³/mol. The molecule has 0 saturated carbocycles. The van der Waals surface area contributed by atoms with Gasteiger partial charge < -0.3 is 25.0 Å². The summed E-state index contributed by atoms with van der Waals surface area (Å²) < 4.78 is 10.6. The summed E-state index contributed by atoms with van der Waals surface area (Å²) in [4.78, 5) is 42.1. The third kappa shape index (κ3) is 10.2. The Kier molecular flexibility index (Phi) is 12.5. The van der Waals surface area contributed by atoms with E-state index in [4.69, 9.17) is 9.47 Å². The molecule has 0 bridgehead atoms. The Morgan fingerprint density at radius 3 is 2.20 bits per heavy atom. The van der Waals surface area contributed by atoms with E-state index in [1.807, 2.05) is 32.0 Å².